The van der Waals surface area contributed by atoms with Gasteiger partial charge in [-0.25, -0.2) is 4.39 Å². The highest BCUT2D eigenvalue weighted by Gasteiger charge is 2.24. The quantitative estimate of drug-likeness (QED) is 0.684. The third-order valence-corrected chi connectivity index (χ3v) is 4.02. The van der Waals surface area contributed by atoms with Gasteiger partial charge in [-0.1, -0.05) is 29.8 Å². The predicted molar refractivity (Wildman–Crippen MR) is 91.8 cm³/mol. The minimum Gasteiger partial charge on any atom is -0.464 e. The van der Waals surface area contributed by atoms with E-state index in [0.717, 1.165) is 16.7 Å². The van der Waals surface area contributed by atoms with Gasteiger partial charge in [0, 0.05) is 16.8 Å². The first-order chi connectivity index (χ1) is 11.6. The van der Waals surface area contributed by atoms with Gasteiger partial charge in [0.05, 0.1) is 11.8 Å². The van der Waals surface area contributed by atoms with E-state index < -0.39 is 0 Å². The van der Waals surface area contributed by atoms with E-state index in [-0.39, 0.29) is 11.7 Å². The fourth-order valence-electron chi connectivity index (χ4n) is 2.85. The molecule has 1 aliphatic rings. The van der Waals surface area contributed by atoms with E-state index in [4.69, 9.17) is 4.42 Å². The number of carbonyl (C=O) groups excluding carboxylic acids is 1. The normalized spacial score (nSPS) is 14.8. The Labute approximate surface area is 138 Å². The van der Waals surface area contributed by atoms with Crippen LogP contribution in [0.3, 0.4) is 0 Å². The van der Waals surface area contributed by atoms with Crippen molar-refractivity contribution in [1.29, 1.82) is 0 Å². The maximum Gasteiger partial charge on any atom is 0.256 e. The summed E-state index contributed by atoms with van der Waals surface area (Å²) in [6.45, 7) is 2.03. The molecule has 0 spiro atoms. The molecule has 3 aromatic rings. The molecule has 4 rings (SSSR count). The molecule has 0 aliphatic carbocycles. The molecule has 1 amide bonds. The standard InChI is InChI=1S/C20H14FNO2/c1-12-3-2-4-13(7-12)14-8-16(24-11-14)10-18-17-9-15(21)5-6-19(17)22-20(18)23/h2-11H,1H3,(H,22,23)/b18-10+. The highest BCUT2D eigenvalue weighted by molar-refractivity contribution is 6.34. The monoisotopic (exact) mass is 319 g/mol. The molecule has 3 nitrogen and oxygen atoms in total. The summed E-state index contributed by atoms with van der Waals surface area (Å²) in [4.78, 5) is 12.1. The molecule has 1 N–H and O–H groups in total. The lowest BCUT2D eigenvalue weighted by molar-refractivity contribution is -0.110. The average Bonchev–Trinajstić information content (AvgIpc) is 3.14. The Kier molecular flexibility index (Phi) is 3.31. The Bertz CT molecular complexity index is 985. The number of carbonyl (C=O) groups is 1. The molecule has 2 heterocycles. The van der Waals surface area contributed by atoms with Gasteiger partial charge in [-0.3, -0.25) is 4.79 Å². The number of aryl methyl sites for hydroxylation is 1. The molecule has 118 valence electrons. The second kappa shape index (κ2) is 5.49. The number of anilines is 1. The van der Waals surface area contributed by atoms with Crippen LogP contribution in [0.25, 0.3) is 22.8 Å². The van der Waals surface area contributed by atoms with Crippen molar-refractivity contribution in [1.82, 2.24) is 0 Å². The van der Waals surface area contributed by atoms with Gasteiger partial charge in [-0.15, -0.1) is 0 Å². The number of rotatable bonds is 2. The molecule has 4 heteroatoms. The van der Waals surface area contributed by atoms with Crippen molar-refractivity contribution in [2.75, 3.05) is 5.32 Å². The summed E-state index contributed by atoms with van der Waals surface area (Å²) in [6.07, 6.45) is 3.29. The Hall–Kier alpha value is -3.14. The van der Waals surface area contributed by atoms with Gasteiger partial charge in [0.15, 0.2) is 0 Å². The van der Waals surface area contributed by atoms with E-state index in [9.17, 15) is 9.18 Å². The molecule has 0 radical (unpaired) electrons. The maximum atomic E-state index is 13.5. The van der Waals surface area contributed by atoms with Gasteiger partial charge in [0.2, 0.25) is 0 Å². The molecule has 0 atom stereocenters. The molecular weight excluding hydrogens is 305 g/mol. The summed E-state index contributed by atoms with van der Waals surface area (Å²) >= 11 is 0. The van der Waals surface area contributed by atoms with Crippen molar-refractivity contribution < 1.29 is 13.6 Å². The number of furan rings is 1. The summed E-state index contributed by atoms with van der Waals surface area (Å²) in [7, 11) is 0. The minimum absolute atomic E-state index is 0.260. The van der Waals surface area contributed by atoms with E-state index >= 15 is 0 Å². The van der Waals surface area contributed by atoms with Crippen molar-refractivity contribution in [3.8, 4) is 11.1 Å². The van der Waals surface area contributed by atoms with Crippen molar-refractivity contribution in [3.63, 3.8) is 0 Å². The van der Waals surface area contributed by atoms with Crippen molar-refractivity contribution >= 4 is 23.2 Å². The maximum absolute atomic E-state index is 13.5. The largest absolute Gasteiger partial charge is 0.464 e. The highest BCUT2D eigenvalue weighted by Crippen LogP contribution is 2.34. The highest BCUT2D eigenvalue weighted by atomic mass is 19.1. The van der Waals surface area contributed by atoms with Crippen LogP contribution in [0.4, 0.5) is 10.1 Å². The SMILES string of the molecule is Cc1cccc(-c2coc(/C=C3/C(=O)Nc4ccc(F)cc43)c2)c1. The smallest absolute Gasteiger partial charge is 0.256 e. The number of nitrogens with one attached hydrogen (secondary N) is 1. The number of fused-ring (bicyclic) bond motifs is 1. The van der Waals surface area contributed by atoms with E-state index in [2.05, 4.69) is 11.4 Å². The average molecular weight is 319 g/mol. The first-order valence-electron chi connectivity index (χ1n) is 7.59. The Morgan fingerprint density at radius 2 is 1.96 bits per heavy atom. The lowest BCUT2D eigenvalue weighted by Gasteiger charge is -1.98. The van der Waals surface area contributed by atoms with Gasteiger partial charge in [0.1, 0.15) is 11.6 Å². The van der Waals surface area contributed by atoms with E-state index in [1.54, 1.807) is 18.4 Å². The van der Waals surface area contributed by atoms with Crippen LogP contribution in [0.15, 0.2) is 59.2 Å². The number of amides is 1. The van der Waals surface area contributed by atoms with Gasteiger partial charge in [0.25, 0.3) is 5.91 Å². The zero-order chi connectivity index (χ0) is 16.7. The zero-order valence-electron chi connectivity index (χ0n) is 13.0. The summed E-state index contributed by atoms with van der Waals surface area (Å²) in [5.74, 6) is -0.0890. The first-order valence-corrected chi connectivity index (χ1v) is 7.59. The Morgan fingerprint density at radius 3 is 2.79 bits per heavy atom. The molecule has 0 bridgehead atoms. The summed E-state index contributed by atoms with van der Waals surface area (Å²) in [5.41, 5.74) is 4.70. The van der Waals surface area contributed by atoms with Crippen LogP contribution in [0.1, 0.15) is 16.9 Å². The van der Waals surface area contributed by atoms with Crippen LogP contribution in [0.2, 0.25) is 0 Å². The van der Waals surface area contributed by atoms with E-state index in [0.29, 0.717) is 22.6 Å². The molecular formula is C20H14FNO2. The van der Waals surface area contributed by atoms with Gasteiger partial charge >= 0.3 is 0 Å². The summed E-state index contributed by atoms with van der Waals surface area (Å²) < 4.78 is 19.0. The lowest BCUT2D eigenvalue weighted by Crippen LogP contribution is -2.03. The van der Waals surface area contributed by atoms with Crippen LogP contribution in [0, 0.1) is 12.7 Å². The Balaban J connectivity index is 1.73. The second-order valence-electron chi connectivity index (χ2n) is 5.81. The molecule has 1 aliphatic heterocycles. The molecule has 0 saturated heterocycles. The second-order valence-corrected chi connectivity index (χ2v) is 5.81. The van der Waals surface area contributed by atoms with Crippen LogP contribution in [0.5, 0.6) is 0 Å². The van der Waals surface area contributed by atoms with Gasteiger partial charge in [-0.05, 0) is 42.8 Å². The topological polar surface area (TPSA) is 42.2 Å². The molecule has 0 unspecified atom stereocenters. The third-order valence-electron chi connectivity index (χ3n) is 4.02. The molecule has 24 heavy (non-hydrogen) atoms. The predicted octanol–water partition coefficient (Wildman–Crippen LogP) is 4.89. The number of benzene rings is 2. The van der Waals surface area contributed by atoms with Crippen LogP contribution >= 0.6 is 0 Å². The van der Waals surface area contributed by atoms with E-state index in [1.165, 1.54) is 12.1 Å². The zero-order valence-corrected chi connectivity index (χ0v) is 13.0. The fraction of sp³-hybridized carbons (Fsp3) is 0.0500. The number of hydrogen-bond acceptors (Lipinski definition) is 2. The number of halogens is 1. The molecule has 2 aromatic carbocycles. The van der Waals surface area contributed by atoms with Gasteiger partial charge in [-0.2, -0.15) is 0 Å². The first kappa shape index (κ1) is 14.5. The lowest BCUT2D eigenvalue weighted by atomic mass is 10.0. The molecule has 1 aromatic heterocycles. The summed E-state index contributed by atoms with van der Waals surface area (Å²) in [5, 5.41) is 2.73. The van der Waals surface area contributed by atoms with Gasteiger partial charge < -0.3 is 9.73 Å². The van der Waals surface area contributed by atoms with Crippen molar-refractivity contribution in [3.05, 3.63) is 77.5 Å². The van der Waals surface area contributed by atoms with Crippen LogP contribution < -0.4 is 5.32 Å². The molecule has 0 fully saturated rings. The number of hydrogen-bond donors (Lipinski definition) is 1. The van der Waals surface area contributed by atoms with Crippen molar-refractivity contribution in [2.45, 2.75) is 6.92 Å². The van der Waals surface area contributed by atoms with E-state index in [1.807, 2.05) is 31.2 Å². The van der Waals surface area contributed by atoms with Crippen LogP contribution in [-0.2, 0) is 4.79 Å². The minimum atomic E-state index is -0.379. The van der Waals surface area contributed by atoms with Crippen LogP contribution in [-0.4, -0.2) is 5.91 Å². The Morgan fingerprint density at radius 1 is 1.08 bits per heavy atom. The summed E-state index contributed by atoms with van der Waals surface area (Å²) in [6, 6.07) is 14.2. The van der Waals surface area contributed by atoms with Crippen molar-refractivity contribution in [2.24, 2.45) is 0 Å². The fourth-order valence-corrected chi connectivity index (χ4v) is 2.85. The molecule has 0 saturated carbocycles. The third kappa shape index (κ3) is 2.52.